The van der Waals surface area contributed by atoms with Crippen molar-refractivity contribution in [1.82, 2.24) is 9.97 Å². The normalized spacial score (nSPS) is 12.4. The van der Waals surface area contributed by atoms with Gasteiger partial charge in [0.2, 0.25) is 0 Å². The van der Waals surface area contributed by atoms with Gasteiger partial charge in [-0.05, 0) is 6.92 Å². The fourth-order valence-electron chi connectivity index (χ4n) is 1.37. The molecule has 2 N–H and O–H groups in total. The molecule has 0 aliphatic carbocycles. The van der Waals surface area contributed by atoms with Crippen molar-refractivity contribution in [3.05, 3.63) is 27.0 Å². The first kappa shape index (κ1) is 13.1. The number of alkyl halides is 2. The highest BCUT2D eigenvalue weighted by Crippen LogP contribution is 2.10. The first-order chi connectivity index (χ1) is 7.60. The summed E-state index contributed by atoms with van der Waals surface area (Å²) in [5.41, 5.74) is -0.600. The highest BCUT2D eigenvalue weighted by atomic mass is 35.5. The van der Waals surface area contributed by atoms with Crippen LogP contribution in [0.25, 0.3) is 0 Å². The molecule has 1 aromatic rings. The molecule has 0 saturated heterocycles. The lowest BCUT2D eigenvalue weighted by Gasteiger charge is -2.28. The Hall–Kier alpha value is -0.940. The van der Waals surface area contributed by atoms with Crippen LogP contribution in [-0.4, -0.2) is 34.3 Å². The van der Waals surface area contributed by atoms with Crippen LogP contribution in [0.5, 0.6) is 0 Å². The van der Waals surface area contributed by atoms with Crippen LogP contribution in [0.15, 0.2) is 15.8 Å². The quantitative estimate of drug-likeness (QED) is 0.772. The minimum Gasteiger partial charge on any atom is -0.361 e. The summed E-state index contributed by atoms with van der Waals surface area (Å²) < 4.78 is 0. The number of H-pyrrole nitrogens is 2. The van der Waals surface area contributed by atoms with Gasteiger partial charge in [-0.15, -0.1) is 23.2 Å². The van der Waals surface area contributed by atoms with E-state index in [9.17, 15) is 9.59 Å². The van der Waals surface area contributed by atoms with Gasteiger partial charge in [0.15, 0.2) is 0 Å². The molecule has 1 unspecified atom stereocenters. The van der Waals surface area contributed by atoms with Crippen molar-refractivity contribution >= 4 is 28.9 Å². The molecule has 5 nitrogen and oxygen atoms in total. The maximum absolute atomic E-state index is 11.6. The number of rotatable bonds is 5. The number of hydrogen-bond donors (Lipinski definition) is 2. The molecule has 16 heavy (non-hydrogen) atoms. The monoisotopic (exact) mass is 265 g/mol. The van der Waals surface area contributed by atoms with Crippen LogP contribution in [0.3, 0.4) is 0 Å². The lowest BCUT2D eigenvalue weighted by atomic mass is 10.3. The van der Waals surface area contributed by atoms with Crippen LogP contribution in [0.2, 0.25) is 0 Å². The van der Waals surface area contributed by atoms with Gasteiger partial charge in [-0.25, -0.2) is 4.79 Å². The van der Waals surface area contributed by atoms with Crippen molar-refractivity contribution in [3.63, 3.8) is 0 Å². The van der Waals surface area contributed by atoms with Crippen LogP contribution in [0.4, 0.5) is 5.69 Å². The second-order valence-electron chi connectivity index (χ2n) is 3.34. The molecule has 1 heterocycles. The Morgan fingerprint density at radius 2 is 2.12 bits per heavy atom. The summed E-state index contributed by atoms with van der Waals surface area (Å²) in [6.45, 7) is 2.37. The van der Waals surface area contributed by atoms with E-state index in [0.29, 0.717) is 24.0 Å². The third kappa shape index (κ3) is 3.02. The summed E-state index contributed by atoms with van der Waals surface area (Å²) in [5.74, 6) is 0.745. The van der Waals surface area contributed by atoms with Crippen molar-refractivity contribution in [2.75, 3.05) is 23.2 Å². The van der Waals surface area contributed by atoms with Crippen LogP contribution in [0.1, 0.15) is 6.92 Å². The Balaban J connectivity index is 3.10. The smallest absolute Gasteiger partial charge is 0.325 e. The van der Waals surface area contributed by atoms with E-state index in [2.05, 4.69) is 9.97 Å². The van der Waals surface area contributed by atoms with E-state index in [0.717, 1.165) is 0 Å². The average Bonchev–Trinajstić information content (AvgIpc) is 2.26. The number of halogens is 2. The molecule has 0 aromatic carbocycles. The van der Waals surface area contributed by atoms with Gasteiger partial charge >= 0.3 is 5.69 Å². The molecule has 1 atom stereocenters. The Kier molecular flexibility index (Phi) is 4.89. The first-order valence-corrected chi connectivity index (χ1v) is 5.87. The molecule has 0 radical (unpaired) electrons. The zero-order chi connectivity index (χ0) is 12.1. The second-order valence-corrected chi connectivity index (χ2v) is 4.03. The van der Waals surface area contributed by atoms with Crippen LogP contribution in [-0.2, 0) is 0 Å². The largest absolute Gasteiger partial charge is 0.361 e. The number of aromatic amines is 2. The van der Waals surface area contributed by atoms with Gasteiger partial charge in [-0.2, -0.15) is 0 Å². The zero-order valence-corrected chi connectivity index (χ0v) is 10.3. The average molecular weight is 266 g/mol. The summed E-state index contributed by atoms with van der Waals surface area (Å²) >= 11 is 11.4. The molecule has 7 heteroatoms. The van der Waals surface area contributed by atoms with Gasteiger partial charge in [-0.3, -0.25) is 9.78 Å². The minimum absolute atomic E-state index is 0.0348. The fourth-order valence-corrected chi connectivity index (χ4v) is 1.72. The van der Waals surface area contributed by atoms with Crippen LogP contribution < -0.4 is 16.1 Å². The predicted octanol–water partition coefficient (Wildman–Crippen LogP) is 0.736. The van der Waals surface area contributed by atoms with Gasteiger partial charge in [-0.1, -0.05) is 0 Å². The van der Waals surface area contributed by atoms with Gasteiger partial charge in [0.05, 0.1) is 0 Å². The second kappa shape index (κ2) is 5.96. The number of anilines is 1. The predicted molar refractivity (Wildman–Crippen MR) is 65.9 cm³/mol. The van der Waals surface area contributed by atoms with E-state index in [-0.39, 0.29) is 6.04 Å². The lowest BCUT2D eigenvalue weighted by Crippen LogP contribution is -2.40. The van der Waals surface area contributed by atoms with Crippen molar-refractivity contribution in [1.29, 1.82) is 0 Å². The summed E-state index contributed by atoms with van der Waals surface area (Å²) in [6, 6.07) is -0.0348. The van der Waals surface area contributed by atoms with Crippen LogP contribution >= 0.6 is 23.2 Å². The van der Waals surface area contributed by atoms with E-state index < -0.39 is 11.2 Å². The maximum Gasteiger partial charge on any atom is 0.325 e. The molecule has 0 fully saturated rings. The minimum atomic E-state index is -0.530. The zero-order valence-electron chi connectivity index (χ0n) is 8.80. The Morgan fingerprint density at radius 1 is 1.44 bits per heavy atom. The Labute approximate surface area is 102 Å². The third-order valence-electron chi connectivity index (χ3n) is 2.19. The van der Waals surface area contributed by atoms with Gasteiger partial charge < -0.3 is 9.88 Å². The molecule has 90 valence electrons. The van der Waals surface area contributed by atoms with Crippen molar-refractivity contribution in [3.8, 4) is 0 Å². The number of nitrogens with zero attached hydrogens (tertiary/aromatic N) is 1. The molecule has 0 saturated carbocycles. The highest BCUT2D eigenvalue weighted by molar-refractivity contribution is 6.18. The topological polar surface area (TPSA) is 69.0 Å². The third-order valence-corrected chi connectivity index (χ3v) is 2.81. The van der Waals surface area contributed by atoms with Gasteiger partial charge in [0, 0.05) is 30.5 Å². The van der Waals surface area contributed by atoms with E-state index in [4.69, 9.17) is 23.2 Å². The molecular formula is C9H13Cl2N3O2. The number of nitrogens with one attached hydrogen (secondary N) is 2. The van der Waals surface area contributed by atoms with Crippen LogP contribution in [0, 0.1) is 0 Å². The molecule has 0 spiro atoms. The van der Waals surface area contributed by atoms with E-state index in [1.54, 1.807) is 4.90 Å². The SMILES string of the molecule is CC(CCl)N(CCCl)c1c[nH]c(=O)[nH]c1=O. The molecule has 0 amide bonds. The molecule has 1 aromatic heterocycles. The maximum atomic E-state index is 11.6. The van der Waals surface area contributed by atoms with E-state index in [1.165, 1.54) is 6.20 Å². The molecule has 0 aliphatic heterocycles. The van der Waals surface area contributed by atoms with Crippen molar-refractivity contribution in [2.24, 2.45) is 0 Å². The summed E-state index contributed by atoms with van der Waals surface area (Å²) in [6.07, 6.45) is 1.37. The lowest BCUT2D eigenvalue weighted by molar-refractivity contribution is 0.702. The fraction of sp³-hybridized carbons (Fsp3) is 0.556. The Morgan fingerprint density at radius 3 is 2.62 bits per heavy atom. The number of hydrogen-bond acceptors (Lipinski definition) is 3. The molecule has 1 rings (SSSR count). The molecular weight excluding hydrogens is 253 g/mol. The van der Waals surface area contributed by atoms with Gasteiger partial charge in [0.1, 0.15) is 5.69 Å². The highest BCUT2D eigenvalue weighted by Gasteiger charge is 2.16. The summed E-state index contributed by atoms with van der Waals surface area (Å²) in [5, 5.41) is 0. The standard InChI is InChI=1S/C9H13Cl2N3O2/c1-6(4-11)14(3-2-10)7-5-12-9(16)13-8(7)15/h5-6H,2-4H2,1H3,(H2,12,13,15,16). The molecule has 0 bridgehead atoms. The molecule has 0 aliphatic rings. The van der Waals surface area contributed by atoms with Crippen molar-refractivity contribution < 1.29 is 0 Å². The number of aromatic nitrogens is 2. The Bertz CT molecular complexity index is 443. The summed E-state index contributed by atoms with van der Waals surface area (Å²) in [7, 11) is 0. The van der Waals surface area contributed by atoms with E-state index >= 15 is 0 Å². The first-order valence-electron chi connectivity index (χ1n) is 4.80. The summed E-state index contributed by atoms with van der Waals surface area (Å²) in [4.78, 5) is 28.8. The van der Waals surface area contributed by atoms with Gasteiger partial charge in [0.25, 0.3) is 5.56 Å². The van der Waals surface area contributed by atoms with Crippen molar-refractivity contribution in [2.45, 2.75) is 13.0 Å². The van der Waals surface area contributed by atoms with E-state index in [1.807, 2.05) is 6.92 Å².